The van der Waals surface area contributed by atoms with Crippen LogP contribution >= 0.6 is 0 Å². The zero-order valence-electron chi connectivity index (χ0n) is 26.4. The molecule has 46 heavy (non-hydrogen) atoms. The maximum atomic E-state index is 10.3. The van der Waals surface area contributed by atoms with Gasteiger partial charge in [-0.15, -0.1) is 0 Å². The number of aryl methyl sites for hydroxylation is 2. The van der Waals surface area contributed by atoms with Crippen LogP contribution in [0.1, 0.15) is 66.8 Å². The average molecular weight is 630 g/mol. The SMILES string of the molecule is CN(C)C1(Cc2ccccc2)CCC(c2[nH]c3ccccc3c2CCc2ccncc2)CC1.O=C(O)CC(O)(CC(=O)O)C(=O)O. The van der Waals surface area contributed by atoms with Gasteiger partial charge in [-0.3, -0.25) is 14.6 Å². The molecule has 4 aromatic rings. The number of aliphatic carboxylic acids is 3. The van der Waals surface area contributed by atoms with Crippen molar-refractivity contribution in [1.29, 1.82) is 0 Å². The molecule has 0 amide bonds. The van der Waals surface area contributed by atoms with E-state index in [9.17, 15) is 14.4 Å². The lowest BCUT2D eigenvalue weighted by atomic mass is 9.71. The van der Waals surface area contributed by atoms with Crippen molar-refractivity contribution in [3.8, 4) is 0 Å². The first-order valence-electron chi connectivity index (χ1n) is 15.5. The van der Waals surface area contributed by atoms with Crippen LogP contribution in [0.4, 0.5) is 0 Å². The van der Waals surface area contributed by atoms with Crippen LogP contribution in [0, 0.1) is 0 Å². The lowest BCUT2D eigenvalue weighted by Gasteiger charge is -2.45. The minimum Gasteiger partial charge on any atom is -0.481 e. The van der Waals surface area contributed by atoms with E-state index >= 15 is 0 Å². The van der Waals surface area contributed by atoms with E-state index in [0.717, 1.165) is 19.3 Å². The standard InChI is InChI=1S/C30H35N3.C6H8O7/c1-33(2)30(22-24-8-4-3-5-9-24)18-14-25(15-19-30)29-27(13-12-23-16-20-31-21-17-23)26-10-6-7-11-28(26)32-29;7-3(8)1-6(13,5(11)12)2-4(9)10/h3-11,16-17,20-21,25,32H,12-15,18-19,22H2,1-2H3;13H,1-2H2,(H,7,8)(H,9,10)(H,11,12). The molecule has 10 heteroatoms. The first-order chi connectivity index (χ1) is 21.9. The van der Waals surface area contributed by atoms with Gasteiger partial charge in [0.05, 0.1) is 12.8 Å². The molecule has 2 aromatic carbocycles. The summed E-state index contributed by atoms with van der Waals surface area (Å²) in [7, 11) is 4.54. The number of rotatable bonds is 12. The molecule has 0 unspecified atom stereocenters. The van der Waals surface area contributed by atoms with Gasteiger partial charge in [0, 0.05) is 34.5 Å². The van der Waals surface area contributed by atoms with Crippen LogP contribution in [0.5, 0.6) is 0 Å². The van der Waals surface area contributed by atoms with E-state index in [1.165, 1.54) is 59.0 Å². The number of aromatic amines is 1. The number of pyridine rings is 1. The molecule has 0 aliphatic heterocycles. The van der Waals surface area contributed by atoms with Crippen molar-refractivity contribution in [2.75, 3.05) is 14.1 Å². The highest BCUT2D eigenvalue weighted by Gasteiger charge is 2.41. The summed E-state index contributed by atoms with van der Waals surface area (Å²) in [5, 5.41) is 35.2. The van der Waals surface area contributed by atoms with Crippen molar-refractivity contribution in [3.63, 3.8) is 0 Å². The minimum atomic E-state index is -2.74. The molecular formula is C36H43N3O7. The highest BCUT2D eigenvalue weighted by Crippen LogP contribution is 2.44. The molecule has 244 valence electrons. The molecule has 1 saturated carbocycles. The summed E-state index contributed by atoms with van der Waals surface area (Å²) in [5.41, 5.74) is 4.61. The molecule has 1 aliphatic carbocycles. The van der Waals surface area contributed by atoms with E-state index in [1.807, 2.05) is 12.4 Å². The topological polar surface area (TPSA) is 164 Å². The molecule has 2 aromatic heterocycles. The molecular weight excluding hydrogens is 586 g/mol. The number of carbonyl (C=O) groups is 3. The zero-order chi connectivity index (χ0) is 33.3. The van der Waals surface area contributed by atoms with Gasteiger partial charge in [0.25, 0.3) is 0 Å². The van der Waals surface area contributed by atoms with E-state index in [0.29, 0.717) is 5.92 Å². The number of likely N-dealkylation sites (N-methyl/N-ethyl adjacent to an activating group) is 1. The minimum absolute atomic E-state index is 0.251. The molecule has 0 saturated heterocycles. The number of carboxylic acid groups (broad SMARTS) is 3. The number of para-hydroxylation sites is 1. The molecule has 5 N–H and O–H groups in total. The van der Waals surface area contributed by atoms with Gasteiger partial charge in [0.2, 0.25) is 0 Å². The Morgan fingerprint density at radius 1 is 0.848 bits per heavy atom. The third-order valence-corrected chi connectivity index (χ3v) is 9.19. The smallest absolute Gasteiger partial charge is 0.336 e. The molecule has 0 atom stereocenters. The van der Waals surface area contributed by atoms with E-state index in [4.69, 9.17) is 20.4 Å². The molecule has 0 radical (unpaired) electrons. The Bertz CT molecular complexity index is 1590. The van der Waals surface area contributed by atoms with E-state index < -0.39 is 36.4 Å². The molecule has 10 nitrogen and oxygen atoms in total. The van der Waals surface area contributed by atoms with E-state index in [1.54, 1.807) is 0 Å². The number of fused-ring (bicyclic) bond motifs is 1. The monoisotopic (exact) mass is 629 g/mol. The fourth-order valence-corrected chi connectivity index (χ4v) is 6.57. The Morgan fingerprint density at radius 2 is 1.43 bits per heavy atom. The second kappa shape index (κ2) is 15.2. The third kappa shape index (κ3) is 8.58. The van der Waals surface area contributed by atoms with Gasteiger partial charge >= 0.3 is 17.9 Å². The molecule has 2 heterocycles. The largest absolute Gasteiger partial charge is 0.481 e. The second-order valence-electron chi connectivity index (χ2n) is 12.5. The van der Waals surface area contributed by atoms with Crippen LogP contribution < -0.4 is 0 Å². The van der Waals surface area contributed by atoms with Crippen molar-refractivity contribution in [2.24, 2.45) is 0 Å². The van der Waals surface area contributed by atoms with Crippen molar-refractivity contribution in [1.82, 2.24) is 14.9 Å². The van der Waals surface area contributed by atoms with Gasteiger partial charge in [0.1, 0.15) is 0 Å². The normalized spacial score (nSPS) is 18.1. The van der Waals surface area contributed by atoms with E-state index in [-0.39, 0.29) is 5.54 Å². The van der Waals surface area contributed by atoms with Crippen LogP contribution in [0.25, 0.3) is 10.9 Å². The Labute approximate surface area is 268 Å². The average Bonchev–Trinajstić information content (AvgIpc) is 3.39. The fraction of sp³-hybridized carbons (Fsp3) is 0.389. The highest BCUT2D eigenvalue weighted by molar-refractivity contribution is 5.88. The zero-order valence-corrected chi connectivity index (χ0v) is 26.4. The Hall–Kier alpha value is -4.54. The third-order valence-electron chi connectivity index (χ3n) is 9.19. The van der Waals surface area contributed by atoms with Crippen LogP contribution in [0.2, 0.25) is 0 Å². The van der Waals surface area contributed by atoms with Gasteiger partial charge in [-0.25, -0.2) is 4.79 Å². The van der Waals surface area contributed by atoms with Crippen LogP contribution in [0.3, 0.4) is 0 Å². The van der Waals surface area contributed by atoms with E-state index in [2.05, 4.69) is 95.7 Å². The number of benzene rings is 2. The van der Waals surface area contributed by atoms with Gasteiger partial charge < -0.3 is 30.3 Å². The number of aromatic nitrogens is 2. The number of aliphatic hydroxyl groups is 1. The van der Waals surface area contributed by atoms with Gasteiger partial charge in [-0.05, 0) is 99.8 Å². The Morgan fingerprint density at radius 3 is 2.00 bits per heavy atom. The van der Waals surface area contributed by atoms with Crippen molar-refractivity contribution in [3.05, 3.63) is 102 Å². The van der Waals surface area contributed by atoms with Gasteiger partial charge in [-0.1, -0.05) is 48.5 Å². The number of carboxylic acids is 3. The number of hydrogen-bond acceptors (Lipinski definition) is 6. The maximum absolute atomic E-state index is 10.3. The summed E-state index contributed by atoms with van der Waals surface area (Å²) >= 11 is 0. The summed E-state index contributed by atoms with van der Waals surface area (Å²) in [6, 6.07) is 24.2. The summed E-state index contributed by atoms with van der Waals surface area (Å²) in [4.78, 5) is 41.0. The number of hydrogen-bond donors (Lipinski definition) is 5. The summed E-state index contributed by atoms with van der Waals surface area (Å²) < 4.78 is 0. The predicted octanol–water partition coefficient (Wildman–Crippen LogP) is 5.30. The molecule has 0 bridgehead atoms. The van der Waals surface area contributed by atoms with Gasteiger partial charge in [-0.2, -0.15) is 0 Å². The summed E-state index contributed by atoms with van der Waals surface area (Å²) in [6.07, 6.45) is 9.72. The second-order valence-corrected chi connectivity index (χ2v) is 12.5. The molecule has 1 aliphatic rings. The Kier molecular flexibility index (Phi) is 11.3. The predicted molar refractivity (Wildman–Crippen MR) is 175 cm³/mol. The Balaban J connectivity index is 0.000000315. The van der Waals surface area contributed by atoms with Crippen molar-refractivity contribution >= 4 is 28.8 Å². The lowest BCUT2D eigenvalue weighted by Crippen LogP contribution is -2.48. The van der Waals surface area contributed by atoms with Crippen LogP contribution in [-0.2, 0) is 33.6 Å². The van der Waals surface area contributed by atoms with Gasteiger partial charge in [0.15, 0.2) is 5.60 Å². The highest BCUT2D eigenvalue weighted by atomic mass is 16.4. The van der Waals surface area contributed by atoms with Crippen LogP contribution in [0.15, 0.2) is 79.1 Å². The summed E-state index contributed by atoms with van der Waals surface area (Å²) in [6.45, 7) is 0. The molecule has 5 rings (SSSR count). The molecule has 0 spiro atoms. The molecule has 1 fully saturated rings. The maximum Gasteiger partial charge on any atom is 0.336 e. The van der Waals surface area contributed by atoms with Crippen molar-refractivity contribution in [2.45, 2.75) is 74.8 Å². The number of H-pyrrole nitrogens is 1. The first-order valence-corrected chi connectivity index (χ1v) is 15.5. The first kappa shape index (κ1) is 34.3. The summed E-state index contributed by atoms with van der Waals surface area (Å²) in [5.74, 6) is -4.41. The number of nitrogens with zero attached hydrogens (tertiary/aromatic N) is 2. The number of nitrogens with one attached hydrogen (secondary N) is 1. The van der Waals surface area contributed by atoms with Crippen LogP contribution in [-0.4, -0.2) is 78.4 Å². The van der Waals surface area contributed by atoms with Crippen molar-refractivity contribution < 1.29 is 34.8 Å². The quantitative estimate of drug-likeness (QED) is 0.140. The fourth-order valence-electron chi connectivity index (χ4n) is 6.57. The lowest BCUT2D eigenvalue weighted by molar-refractivity contribution is -0.170.